The molecule has 1 aliphatic rings. The Morgan fingerprint density at radius 3 is 2.17 bits per heavy atom. The molecule has 0 nitrogen and oxygen atoms in total. The van der Waals surface area contributed by atoms with Gasteiger partial charge in [0.1, 0.15) is 0 Å². The standard InChI is InChI=1S/C6H9BF5/c8-6(9)2-1-5(3-6)4-7(10,11)12/h5H,1-4H2/q-1. The minimum absolute atomic E-state index is 0.00819. The second kappa shape index (κ2) is 2.89. The Morgan fingerprint density at radius 1 is 1.25 bits per heavy atom. The maximum atomic E-state index is 12.4. The van der Waals surface area contributed by atoms with Crippen molar-refractivity contribution in [3.05, 3.63) is 0 Å². The van der Waals surface area contributed by atoms with Gasteiger partial charge in [-0.15, -0.1) is 0 Å². The molecule has 1 aliphatic carbocycles. The van der Waals surface area contributed by atoms with Gasteiger partial charge in [-0.25, -0.2) is 8.78 Å². The van der Waals surface area contributed by atoms with Crippen molar-refractivity contribution in [2.45, 2.75) is 31.5 Å². The average Bonchev–Trinajstić information content (AvgIpc) is 2.05. The molecule has 1 atom stereocenters. The molecular weight excluding hydrogens is 178 g/mol. The van der Waals surface area contributed by atoms with Gasteiger partial charge in [0.25, 0.3) is 0 Å². The second-order valence-corrected chi connectivity index (χ2v) is 3.41. The van der Waals surface area contributed by atoms with E-state index >= 15 is 0 Å². The molecular formula is C6H9BF5-. The van der Waals surface area contributed by atoms with Gasteiger partial charge in [-0.05, 0) is 6.42 Å². The minimum atomic E-state index is -4.89. The Bertz CT molecular complexity index is 164. The summed E-state index contributed by atoms with van der Waals surface area (Å²) >= 11 is 0. The maximum absolute atomic E-state index is 12.4. The van der Waals surface area contributed by atoms with Crippen LogP contribution >= 0.6 is 0 Å². The van der Waals surface area contributed by atoms with Gasteiger partial charge in [-0.1, -0.05) is 12.2 Å². The van der Waals surface area contributed by atoms with Crippen LogP contribution in [0.5, 0.6) is 0 Å². The average molecular weight is 187 g/mol. The lowest BCUT2D eigenvalue weighted by molar-refractivity contribution is 0.00558. The lowest BCUT2D eigenvalue weighted by Gasteiger charge is -2.18. The molecule has 1 rings (SSSR count). The molecule has 0 saturated heterocycles. The molecule has 0 radical (unpaired) electrons. The van der Waals surface area contributed by atoms with E-state index in [1.165, 1.54) is 0 Å². The molecule has 0 aliphatic heterocycles. The summed E-state index contributed by atoms with van der Waals surface area (Å²) in [4.78, 5) is 0. The molecule has 0 aromatic heterocycles. The van der Waals surface area contributed by atoms with E-state index in [0.29, 0.717) is 0 Å². The van der Waals surface area contributed by atoms with Gasteiger partial charge in [0, 0.05) is 12.8 Å². The third-order valence-electron chi connectivity index (χ3n) is 2.11. The van der Waals surface area contributed by atoms with Gasteiger partial charge in [0.05, 0.1) is 0 Å². The third-order valence-corrected chi connectivity index (χ3v) is 2.11. The molecule has 12 heavy (non-hydrogen) atoms. The summed E-state index contributed by atoms with van der Waals surface area (Å²) in [6.45, 7) is -4.89. The van der Waals surface area contributed by atoms with Gasteiger partial charge in [-0.3, -0.25) is 0 Å². The highest BCUT2D eigenvalue weighted by atomic mass is 19.4. The Morgan fingerprint density at radius 2 is 1.83 bits per heavy atom. The van der Waals surface area contributed by atoms with Crippen LogP contribution in [0.4, 0.5) is 21.7 Å². The van der Waals surface area contributed by atoms with E-state index in [9.17, 15) is 21.7 Å². The Balaban J connectivity index is 2.39. The van der Waals surface area contributed by atoms with E-state index in [0.717, 1.165) is 0 Å². The predicted molar refractivity (Wildman–Crippen MR) is 36.2 cm³/mol. The van der Waals surface area contributed by atoms with Crippen molar-refractivity contribution in [2.75, 3.05) is 0 Å². The highest BCUT2D eigenvalue weighted by Crippen LogP contribution is 2.42. The zero-order chi connectivity index (χ0) is 9.41. The molecule has 0 amide bonds. The van der Waals surface area contributed by atoms with Crippen LogP contribution in [-0.4, -0.2) is 12.9 Å². The van der Waals surface area contributed by atoms with Crippen molar-refractivity contribution < 1.29 is 21.7 Å². The number of halogens is 5. The molecule has 0 aromatic rings. The topological polar surface area (TPSA) is 0 Å². The SMILES string of the molecule is F[B-](F)(F)CC1CCC(F)(F)C1. The zero-order valence-electron chi connectivity index (χ0n) is 6.37. The van der Waals surface area contributed by atoms with Crippen LogP contribution in [0.15, 0.2) is 0 Å². The quantitative estimate of drug-likeness (QED) is 0.459. The largest absolute Gasteiger partial charge is 0.478 e. The predicted octanol–water partition coefficient (Wildman–Crippen LogP) is 3.27. The number of alkyl halides is 2. The van der Waals surface area contributed by atoms with Crippen LogP contribution in [0.2, 0.25) is 6.32 Å². The molecule has 0 aromatic carbocycles. The van der Waals surface area contributed by atoms with E-state index in [4.69, 9.17) is 0 Å². The van der Waals surface area contributed by atoms with Crippen molar-refractivity contribution in [1.82, 2.24) is 0 Å². The van der Waals surface area contributed by atoms with Gasteiger partial charge in [0.2, 0.25) is 5.92 Å². The number of rotatable bonds is 2. The summed E-state index contributed by atoms with van der Waals surface area (Å²) in [5, 5.41) is 0. The van der Waals surface area contributed by atoms with Gasteiger partial charge in [0.15, 0.2) is 0 Å². The van der Waals surface area contributed by atoms with Crippen molar-refractivity contribution in [2.24, 2.45) is 5.92 Å². The highest BCUT2D eigenvalue weighted by Gasteiger charge is 2.41. The first-order valence-corrected chi connectivity index (χ1v) is 3.87. The fourth-order valence-electron chi connectivity index (χ4n) is 1.62. The molecule has 1 unspecified atom stereocenters. The van der Waals surface area contributed by atoms with Crippen molar-refractivity contribution >= 4 is 6.98 Å². The van der Waals surface area contributed by atoms with E-state index in [2.05, 4.69) is 0 Å². The minimum Gasteiger partial charge on any atom is -0.449 e. The van der Waals surface area contributed by atoms with Gasteiger partial charge in [-0.2, -0.15) is 0 Å². The Kier molecular flexibility index (Phi) is 2.36. The molecule has 0 bridgehead atoms. The summed E-state index contributed by atoms with van der Waals surface area (Å²) in [5.41, 5.74) is 0. The first kappa shape index (κ1) is 9.80. The summed E-state index contributed by atoms with van der Waals surface area (Å²) in [6.07, 6.45) is -1.97. The Labute approximate surface area is 67.2 Å². The highest BCUT2D eigenvalue weighted by molar-refractivity contribution is 6.58. The molecule has 6 heteroatoms. The summed E-state index contributed by atoms with van der Waals surface area (Å²) in [7, 11) is 0. The van der Waals surface area contributed by atoms with E-state index in [1.54, 1.807) is 0 Å². The zero-order valence-corrected chi connectivity index (χ0v) is 6.37. The Hall–Kier alpha value is -0.285. The lowest BCUT2D eigenvalue weighted by atomic mass is 9.77. The second-order valence-electron chi connectivity index (χ2n) is 3.41. The van der Waals surface area contributed by atoms with E-state index in [-0.39, 0.29) is 12.8 Å². The summed E-state index contributed by atoms with van der Waals surface area (Å²) < 4.78 is 60.1. The first-order chi connectivity index (χ1) is 5.29. The fourth-order valence-corrected chi connectivity index (χ4v) is 1.62. The van der Waals surface area contributed by atoms with Crippen LogP contribution in [0, 0.1) is 5.92 Å². The van der Waals surface area contributed by atoms with Crippen LogP contribution < -0.4 is 0 Å². The molecule has 0 spiro atoms. The van der Waals surface area contributed by atoms with Crippen molar-refractivity contribution in [1.29, 1.82) is 0 Å². The number of hydrogen-bond acceptors (Lipinski definition) is 0. The van der Waals surface area contributed by atoms with Gasteiger partial charge < -0.3 is 12.9 Å². The van der Waals surface area contributed by atoms with Crippen molar-refractivity contribution in [3.8, 4) is 0 Å². The van der Waals surface area contributed by atoms with Crippen LogP contribution in [-0.2, 0) is 0 Å². The van der Waals surface area contributed by atoms with Gasteiger partial charge >= 0.3 is 6.98 Å². The molecule has 72 valence electrons. The fraction of sp³-hybridized carbons (Fsp3) is 1.00. The number of hydrogen-bond donors (Lipinski definition) is 0. The molecule has 0 heterocycles. The van der Waals surface area contributed by atoms with E-state index < -0.39 is 31.6 Å². The molecule has 0 N–H and O–H groups in total. The van der Waals surface area contributed by atoms with Crippen LogP contribution in [0.3, 0.4) is 0 Å². The van der Waals surface area contributed by atoms with Crippen LogP contribution in [0.25, 0.3) is 0 Å². The molecule has 1 saturated carbocycles. The monoisotopic (exact) mass is 187 g/mol. The van der Waals surface area contributed by atoms with E-state index in [1.807, 2.05) is 0 Å². The molecule has 1 fully saturated rings. The lowest BCUT2D eigenvalue weighted by Crippen LogP contribution is -2.19. The summed E-state index contributed by atoms with van der Waals surface area (Å²) in [6, 6.07) is 0. The summed E-state index contributed by atoms with van der Waals surface area (Å²) in [5.74, 6) is -3.70. The maximum Gasteiger partial charge on any atom is 0.478 e. The first-order valence-electron chi connectivity index (χ1n) is 3.87. The smallest absolute Gasteiger partial charge is 0.449 e. The van der Waals surface area contributed by atoms with Crippen molar-refractivity contribution in [3.63, 3.8) is 0 Å². The normalized spacial score (nSPS) is 29.2. The third kappa shape index (κ3) is 2.99. The van der Waals surface area contributed by atoms with Crippen LogP contribution in [0.1, 0.15) is 19.3 Å².